The van der Waals surface area contributed by atoms with Crippen molar-refractivity contribution in [3.63, 3.8) is 0 Å². The van der Waals surface area contributed by atoms with Crippen molar-refractivity contribution in [3.8, 4) is 0 Å². The number of anilines is 1. The number of hydrogen-bond donors (Lipinski definition) is 1. The third-order valence-corrected chi connectivity index (χ3v) is 3.72. The molecule has 1 heterocycles. The Balaban J connectivity index is 1.89. The standard InChI is InChI=1S/C16H26N2O/c1-13(17)10-14-5-7-16(8-6-14)18(2)11-15-4-3-9-19-12-15/h5-8,13,15H,3-4,9-12,17H2,1-2H3. The molecule has 1 aliphatic rings. The molecule has 1 aromatic carbocycles. The van der Waals surface area contributed by atoms with Crippen LogP contribution in [0.3, 0.4) is 0 Å². The van der Waals surface area contributed by atoms with Gasteiger partial charge in [0.15, 0.2) is 0 Å². The molecule has 2 unspecified atom stereocenters. The lowest BCUT2D eigenvalue weighted by Crippen LogP contribution is -2.30. The van der Waals surface area contributed by atoms with Gasteiger partial charge in [-0.2, -0.15) is 0 Å². The van der Waals surface area contributed by atoms with Crippen LogP contribution >= 0.6 is 0 Å². The molecule has 0 bridgehead atoms. The molecule has 0 spiro atoms. The zero-order valence-electron chi connectivity index (χ0n) is 12.1. The van der Waals surface area contributed by atoms with E-state index in [1.807, 2.05) is 6.92 Å². The fourth-order valence-electron chi connectivity index (χ4n) is 2.70. The second kappa shape index (κ2) is 6.92. The van der Waals surface area contributed by atoms with E-state index in [0.29, 0.717) is 5.92 Å². The summed E-state index contributed by atoms with van der Waals surface area (Å²) < 4.78 is 5.54. The monoisotopic (exact) mass is 262 g/mol. The van der Waals surface area contributed by atoms with Crippen LogP contribution in [0.5, 0.6) is 0 Å². The molecule has 19 heavy (non-hydrogen) atoms. The van der Waals surface area contributed by atoms with Gasteiger partial charge >= 0.3 is 0 Å². The van der Waals surface area contributed by atoms with Gasteiger partial charge < -0.3 is 15.4 Å². The fourth-order valence-corrected chi connectivity index (χ4v) is 2.70. The molecule has 0 aromatic heterocycles. The van der Waals surface area contributed by atoms with Crippen molar-refractivity contribution in [3.05, 3.63) is 29.8 Å². The van der Waals surface area contributed by atoms with Crippen LogP contribution in [0.25, 0.3) is 0 Å². The molecule has 0 amide bonds. The largest absolute Gasteiger partial charge is 0.381 e. The van der Waals surface area contributed by atoms with Crippen LogP contribution in [0.1, 0.15) is 25.3 Å². The fraction of sp³-hybridized carbons (Fsp3) is 0.625. The normalized spacial score (nSPS) is 21.1. The molecule has 1 fully saturated rings. The summed E-state index contributed by atoms with van der Waals surface area (Å²) in [5.74, 6) is 0.669. The Labute approximate surface area is 116 Å². The minimum atomic E-state index is 0.225. The van der Waals surface area contributed by atoms with E-state index in [9.17, 15) is 0 Å². The second-order valence-electron chi connectivity index (χ2n) is 5.81. The molecule has 106 valence electrons. The van der Waals surface area contributed by atoms with E-state index in [0.717, 1.165) is 26.2 Å². The Bertz CT molecular complexity index is 369. The molecule has 0 radical (unpaired) electrons. The van der Waals surface area contributed by atoms with Crippen LogP contribution < -0.4 is 10.6 Å². The summed E-state index contributed by atoms with van der Waals surface area (Å²) in [6, 6.07) is 8.99. The Kier molecular flexibility index (Phi) is 5.23. The van der Waals surface area contributed by atoms with Crippen molar-refractivity contribution >= 4 is 5.69 Å². The maximum Gasteiger partial charge on any atom is 0.0511 e. The average molecular weight is 262 g/mol. The molecule has 3 heteroatoms. The second-order valence-corrected chi connectivity index (χ2v) is 5.81. The van der Waals surface area contributed by atoms with Gasteiger partial charge in [-0.1, -0.05) is 12.1 Å². The maximum absolute atomic E-state index is 5.82. The molecule has 1 aromatic rings. The molecule has 1 aliphatic heterocycles. The van der Waals surface area contributed by atoms with Gasteiger partial charge in [0.1, 0.15) is 0 Å². The van der Waals surface area contributed by atoms with Gasteiger partial charge in [0.2, 0.25) is 0 Å². The number of benzene rings is 1. The van der Waals surface area contributed by atoms with Gasteiger partial charge in [-0.15, -0.1) is 0 Å². The Hall–Kier alpha value is -1.06. The quantitative estimate of drug-likeness (QED) is 0.886. The minimum Gasteiger partial charge on any atom is -0.381 e. The van der Waals surface area contributed by atoms with Crippen molar-refractivity contribution in [2.24, 2.45) is 11.7 Å². The molecule has 1 saturated heterocycles. The van der Waals surface area contributed by atoms with E-state index in [1.54, 1.807) is 0 Å². The van der Waals surface area contributed by atoms with Crippen LogP contribution in [0.4, 0.5) is 5.69 Å². The predicted octanol–water partition coefficient (Wildman–Crippen LogP) is 2.44. The van der Waals surface area contributed by atoms with E-state index >= 15 is 0 Å². The molecule has 0 aliphatic carbocycles. The first-order valence-corrected chi connectivity index (χ1v) is 7.28. The van der Waals surface area contributed by atoms with Crippen LogP contribution in [-0.4, -0.2) is 32.8 Å². The average Bonchev–Trinajstić information content (AvgIpc) is 2.40. The first-order valence-electron chi connectivity index (χ1n) is 7.28. The number of rotatable bonds is 5. The van der Waals surface area contributed by atoms with Gasteiger partial charge in [-0.25, -0.2) is 0 Å². The lowest BCUT2D eigenvalue weighted by atomic mass is 10.0. The first kappa shape index (κ1) is 14.4. The molecular formula is C16H26N2O. The van der Waals surface area contributed by atoms with Gasteiger partial charge in [0.05, 0.1) is 6.61 Å². The van der Waals surface area contributed by atoms with Crippen LogP contribution in [0, 0.1) is 5.92 Å². The van der Waals surface area contributed by atoms with E-state index in [2.05, 4.69) is 36.2 Å². The highest BCUT2D eigenvalue weighted by Crippen LogP contribution is 2.19. The number of hydrogen-bond acceptors (Lipinski definition) is 3. The lowest BCUT2D eigenvalue weighted by Gasteiger charge is -2.28. The van der Waals surface area contributed by atoms with E-state index < -0.39 is 0 Å². The van der Waals surface area contributed by atoms with E-state index in [-0.39, 0.29) is 6.04 Å². The minimum absolute atomic E-state index is 0.225. The summed E-state index contributed by atoms with van der Waals surface area (Å²) >= 11 is 0. The van der Waals surface area contributed by atoms with Crippen molar-refractivity contribution in [2.45, 2.75) is 32.2 Å². The van der Waals surface area contributed by atoms with Crippen LogP contribution in [-0.2, 0) is 11.2 Å². The smallest absolute Gasteiger partial charge is 0.0511 e. The van der Waals surface area contributed by atoms with Crippen molar-refractivity contribution in [1.82, 2.24) is 0 Å². The Morgan fingerprint density at radius 2 is 2.11 bits per heavy atom. The Morgan fingerprint density at radius 1 is 1.37 bits per heavy atom. The molecule has 2 atom stereocenters. The molecular weight excluding hydrogens is 236 g/mol. The molecule has 3 nitrogen and oxygen atoms in total. The predicted molar refractivity (Wildman–Crippen MR) is 80.6 cm³/mol. The molecule has 2 rings (SSSR count). The van der Waals surface area contributed by atoms with Crippen LogP contribution in [0.15, 0.2) is 24.3 Å². The summed E-state index contributed by atoms with van der Waals surface area (Å²) in [6.07, 6.45) is 3.43. The van der Waals surface area contributed by atoms with Gasteiger partial charge in [-0.3, -0.25) is 0 Å². The topological polar surface area (TPSA) is 38.5 Å². The van der Waals surface area contributed by atoms with Crippen molar-refractivity contribution < 1.29 is 4.74 Å². The van der Waals surface area contributed by atoms with Crippen molar-refractivity contribution in [1.29, 1.82) is 0 Å². The van der Waals surface area contributed by atoms with Crippen LogP contribution in [0.2, 0.25) is 0 Å². The summed E-state index contributed by atoms with van der Waals surface area (Å²) in [5.41, 5.74) is 8.41. The highest BCUT2D eigenvalue weighted by atomic mass is 16.5. The summed E-state index contributed by atoms with van der Waals surface area (Å²) in [7, 11) is 2.16. The summed E-state index contributed by atoms with van der Waals surface area (Å²) in [4.78, 5) is 2.33. The van der Waals surface area contributed by atoms with Crippen molar-refractivity contribution in [2.75, 3.05) is 31.7 Å². The third kappa shape index (κ3) is 4.51. The zero-order chi connectivity index (χ0) is 13.7. The highest BCUT2D eigenvalue weighted by Gasteiger charge is 2.16. The number of nitrogens with two attached hydrogens (primary N) is 1. The highest BCUT2D eigenvalue weighted by molar-refractivity contribution is 5.47. The zero-order valence-corrected chi connectivity index (χ0v) is 12.1. The summed E-state index contributed by atoms with van der Waals surface area (Å²) in [5, 5.41) is 0. The molecule has 0 saturated carbocycles. The van der Waals surface area contributed by atoms with E-state index in [4.69, 9.17) is 10.5 Å². The Morgan fingerprint density at radius 3 is 2.68 bits per heavy atom. The number of ether oxygens (including phenoxy) is 1. The summed E-state index contributed by atoms with van der Waals surface area (Å²) in [6.45, 7) is 4.97. The number of nitrogens with zero attached hydrogens (tertiary/aromatic N) is 1. The SMILES string of the molecule is CC(N)Cc1ccc(N(C)CC2CCCOC2)cc1. The lowest BCUT2D eigenvalue weighted by molar-refractivity contribution is 0.0576. The maximum atomic E-state index is 5.82. The van der Waals surface area contributed by atoms with Gasteiger partial charge in [0.25, 0.3) is 0 Å². The van der Waals surface area contributed by atoms with Gasteiger partial charge in [-0.05, 0) is 49.8 Å². The van der Waals surface area contributed by atoms with E-state index in [1.165, 1.54) is 24.1 Å². The third-order valence-electron chi connectivity index (χ3n) is 3.72. The molecule has 2 N–H and O–H groups in total. The van der Waals surface area contributed by atoms with Gasteiger partial charge in [0, 0.05) is 31.9 Å². The first-order chi connectivity index (χ1) is 9.15.